The average Bonchev–Trinajstić information content (AvgIpc) is 3.47. The minimum atomic E-state index is -1.12. The molecule has 3 saturated heterocycles. The first kappa shape index (κ1) is 26.4. The van der Waals surface area contributed by atoms with Gasteiger partial charge in [0.15, 0.2) is 0 Å². The van der Waals surface area contributed by atoms with E-state index in [2.05, 4.69) is 10.6 Å². The fraction of sp³-hybridized carbons (Fsp3) is 0.667. The Morgan fingerprint density at radius 1 is 1.19 bits per heavy atom. The number of ether oxygens (including phenoxy) is 2. The molecule has 0 radical (unpaired) electrons. The molecule has 1 aromatic carbocycles. The van der Waals surface area contributed by atoms with Crippen LogP contribution in [-0.4, -0.2) is 71.3 Å². The Kier molecular flexibility index (Phi) is 7.35. The molecule has 3 fully saturated rings. The zero-order valence-electron chi connectivity index (χ0n) is 21.9. The van der Waals surface area contributed by atoms with Gasteiger partial charge in [-0.2, -0.15) is 0 Å². The lowest BCUT2D eigenvalue weighted by atomic mass is 9.65. The lowest BCUT2D eigenvalue weighted by Crippen LogP contribution is -2.57. The van der Waals surface area contributed by atoms with Gasteiger partial charge in [-0.15, -0.1) is 0 Å². The largest absolute Gasteiger partial charge is 0.497 e. The van der Waals surface area contributed by atoms with Gasteiger partial charge in [-0.05, 0) is 55.9 Å². The van der Waals surface area contributed by atoms with Gasteiger partial charge in [0, 0.05) is 12.2 Å². The molecule has 0 aromatic heterocycles. The van der Waals surface area contributed by atoms with Crippen LogP contribution in [0.1, 0.15) is 53.4 Å². The molecule has 2 unspecified atom stereocenters. The highest BCUT2D eigenvalue weighted by atomic mass is 16.5. The van der Waals surface area contributed by atoms with Crippen molar-refractivity contribution in [3.63, 3.8) is 0 Å². The van der Waals surface area contributed by atoms with E-state index in [0.717, 1.165) is 6.42 Å². The first-order chi connectivity index (χ1) is 17.2. The van der Waals surface area contributed by atoms with Crippen molar-refractivity contribution < 1.29 is 29.0 Å². The lowest BCUT2D eigenvalue weighted by molar-refractivity contribution is -0.150. The quantitative estimate of drug-likeness (QED) is 0.453. The summed E-state index contributed by atoms with van der Waals surface area (Å²) in [6.07, 6.45) is 2.45. The summed E-state index contributed by atoms with van der Waals surface area (Å²) in [5.41, 5.74) is -1.34. The van der Waals surface area contributed by atoms with Crippen molar-refractivity contribution in [2.45, 2.75) is 76.7 Å². The molecule has 2 bridgehead atoms. The van der Waals surface area contributed by atoms with Crippen molar-refractivity contribution in [1.29, 1.82) is 0 Å². The number of nitrogens with one attached hydrogen (secondary N) is 2. The Labute approximate surface area is 212 Å². The third-order valence-electron chi connectivity index (χ3n) is 8.37. The van der Waals surface area contributed by atoms with Crippen LogP contribution in [0.4, 0.5) is 5.69 Å². The minimum absolute atomic E-state index is 0.102. The number of amides is 3. The smallest absolute Gasteiger partial charge is 0.250 e. The van der Waals surface area contributed by atoms with E-state index >= 15 is 0 Å². The molecule has 3 N–H and O–H groups in total. The van der Waals surface area contributed by atoms with Gasteiger partial charge in [0.05, 0.1) is 37.2 Å². The number of carbonyl (C=O) groups excluding carboxylic acids is 3. The summed E-state index contributed by atoms with van der Waals surface area (Å²) in [6.45, 7) is 8.00. The molecule has 6 atom stereocenters. The molecule has 3 aliphatic rings. The number of aliphatic hydroxyl groups is 1. The Balaban J connectivity index is 1.77. The van der Waals surface area contributed by atoms with Crippen LogP contribution in [-0.2, 0) is 19.1 Å². The third-order valence-corrected chi connectivity index (χ3v) is 8.37. The molecule has 3 aliphatic heterocycles. The molecule has 0 saturated carbocycles. The van der Waals surface area contributed by atoms with Gasteiger partial charge >= 0.3 is 0 Å². The van der Waals surface area contributed by atoms with Crippen molar-refractivity contribution in [3.8, 4) is 5.75 Å². The van der Waals surface area contributed by atoms with Crippen molar-refractivity contribution in [1.82, 2.24) is 10.2 Å². The van der Waals surface area contributed by atoms with E-state index in [1.54, 1.807) is 31.4 Å². The maximum absolute atomic E-state index is 14.1. The molecular weight excluding hydrogens is 462 g/mol. The number of anilines is 1. The van der Waals surface area contributed by atoms with E-state index in [0.29, 0.717) is 37.2 Å². The Morgan fingerprint density at radius 3 is 2.44 bits per heavy atom. The van der Waals surface area contributed by atoms with Crippen LogP contribution in [0.3, 0.4) is 0 Å². The second-order valence-corrected chi connectivity index (χ2v) is 10.6. The number of fused-ring (bicyclic) bond motifs is 1. The lowest BCUT2D eigenvalue weighted by Gasteiger charge is -2.38. The molecule has 0 aliphatic carbocycles. The normalized spacial score (nSPS) is 31.5. The first-order valence-electron chi connectivity index (χ1n) is 13.1. The zero-order chi connectivity index (χ0) is 26.3. The molecule has 3 heterocycles. The summed E-state index contributed by atoms with van der Waals surface area (Å²) >= 11 is 0. The molecule has 1 spiro atoms. The Bertz CT molecular complexity index is 998. The minimum Gasteiger partial charge on any atom is -0.497 e. The van der Waals surface area contributed by atoms with E-state index in [1.165, 1.54) is 4.90 Å². The molecule has 4 rings (SSSR count). The van der Waals surface area contributed by atoms with Crippen LogP contribution in [0.15, 0.2) is 24.3 Å². The number of carbonyl (C=O) groups is 3. The topological polar surface area (TPSA) is 117 Å². The molecule has 1 aromatic rings. The highest BCUT2D eigenvalue weighted by Crippen LogP contribution is 2.64. The van der Waals surface area contributed by atoms with Gasteiger partial charge in [0.2, 0.25) is 17.7 Å². The number of hydrogen-bond donors (Lipinski definition) is 3. The van der Waals surface area contributed by atoms with Crippen molar-refractivity contribution in [3.05, 3.63) is 24.3 Å². The fourth-order valence-electron chi connectivity index (χ4n) is 6.57. The predicted octanol–water partition coefficient (Wildman–Crippen LogP) is 2.33. The maximum atomic E-state index is 14.1. The number of likely N-dealkylation sites (tertiary alicyclic amines) is 1. The maximum Gasteiger partial charge on any atom is 0.250 e. The van der Waals surface area contributed by atoms with Crippen molar-refractivity contribution in [2.24, 2.45) is 17.8 Å². The highest BCUT2D eigenvalue weighted by Gasteiger charge is 2.79. The summed E-state index contributed by atoms with van der Waals surface area (Å²) in [6, 6.07) is 5.42. The van der Waals surface area contributed by atoms with Crippen molar-refractivity contribution >= 4 is 23.4 Å². The summed E-state index contributed by atoms with van der Waals surface area (Å²) in [5, 5.41) is 16.2. The molecule has 36 heavy (non-hydrogen) atoms. The van der Waals surface area contributed by atoms with Gasteiger partial charge < -0.3 is 30.1 Å². The van der Waals surface area contributed by atoms with Crippen LogP contribution in [0.2, 0.25) is 0 Å². The number of nitrogens with zero attached hydrogens (tertiary/aromatic N) is 1. The number of benzene rings is 1. The van der Waals surface area contributed by atoms with Gasteiger partial charge in [0.1, 0.15) is 17.4 Å². The molecule has 3 amide bonds. The van der Waals surface area contributed by atoms with E-state index in [4.69, 9.17) is 9.47 Å². The van der Waals surface area contributed by atoms with E-state index in [9.17, 15) is 19.5 Å². The summed E-state index contributed by atoms with van der Waals surface area (Å²) in [4.78, 5) is 43.0. The van der Waals surface area contributed by atoms with E-state index in [1.807, 2.05) is 27.7 Å². The molecular formula is C27H39N3O6. The van der Waals surface area contributed by atoms with Gasteiger partial charge in [-0.25, -0.2) is 0 Å². The predicted molar refractivity (Wildman–Crippen MR) is 134 cm³/mol. The molecule has 198 valence electrons. The summed E-state index contributed by atoms with van der Waals surface area (Å²) < 4.78 is 11.9. The van der Waals surface area contributed by atoms with Crippen molar-refractivity contribution in [2.75, 3.05) is 25.6 Å². The average molecular weight is 502 g/mol. The van der Waals surface area contributed by atoms with E-state index in [-0.39, 0.29) is 30.2 Å². The van der Waals surface area contributed by atoms with Crippen LogP contribution in [0, 0.1) is 17.8 Å². The number of hydrogen-bond acceptors (Lipinski definition) is 6. The fourth-order valence-corrected chi connectivity index (χ4v) is 6.57. The number of aliphatic hydroxyl groups excluding tert-OH is 1. The first-order valence-corrected chi connectivity index (χ1v) is 13.1. The van der Waals surface area contributed by atoms with Gasteiger partial charge in [-0.1, -0.05) is 27.7 Å². The number of methoxy groups -OCH3 is 1. The van der Waals surface area contributed by atoms with Crippen LogP contribution in [0.25, 0.3) is 0 Å². The summed E-state index contributed by atoms with van der Waals surface area (Å²) in [7, 11) is 1.57. The number of rotatable bonds is 10. The Morgan fingerprint density at radius 2 is 1.89 bits per heavy atom. The second-order valence-electron chi connectivity index (χ2n) is 10.6. The monoisotopic (exact) mass is 501 g/mol. The zero-order valence-corrected chi connectivity index (χ0v) is 21.9. The Hall–Kier alpha value is -2.65. The standard InChI is InChI=1S/C27H39N3O6/c1-6-14-28-23(32)20-21-25(34)30(19(15-31)16(3)4)22(27(21)13-12-26(20,7-2)36-27)24(33)29-17-8-10-18(35-5)11-9-17/h8-11,16,19-22,31H,6-7,12-15H2,1-5H3,(H,28,32)(H,29,33)/t19-,20-,21-,22?,26+,27?/m0/s1. The van der Waals surface area contributed by atoms with Crippen LogP contribution in [0.5, 0.6) is 5.75 Å². The van der Waals surface area contributed by atoms with Crippen LogP contribution < -0.4 is 15.4 Å². The third kappa shape index (κ3) is 3.96. The highest BCUT2D eigenvalue weighted by molar-refractivity contribution is 6.04. The van der Waals surface area contributed by atoms with Crippen LogP contribution >= 0.6 is 0 Å². The SMILES string of the molecule is CCCNC(=O)[C@@H]1[C@H]2C(=O)N([C@@H](CO)C(C)C)C(C(=O)Nc3ccc(OC)cc3)C23CC[C@@]1(CC)O3. The van der Waals surface area contributed by atoms with Gasteiger partial charge in [-0.3, -0.25) is 14.4 Å². The molecule has 9 nitrogen and oxygen atoms in total. The summed E-state index contributed by atoms with van der Waals surface area (Å²) in [5.74, 6) is -1.75. The van der Waals surface area contributed by atoms with Gasteiger partial charge in [0.25, 0.3) is 0 Å². The molecule has 9 heteroatoms. The van der Waals surface area contributed by atoms with E-state index < -0.39 is 35.1 Å². The second kappa shape index (κ2) is 10.0.